The number of rotatable bonds is 2. The van der Waals surface area contributed by atoms with Crippen LogP contribution in [0.2, 0.25) is 10.2 Å². The summed E-state index contributed by atoms with van der Waals surface area (Å²) < 4.78 is 1.72. The molecule has 4 nitrogen and oxygen atoms in total. The first kappa shape index (κ1) is 17.8. The number of carbonyl (C=O) groups excluding carboxylic acids is 1. The SMILES string of the molecule is Cc1ccc(C)c(-n2nc(C)c(/C=C3/C(=O)Nc4cc(Cl)ccc43)c2Cl)c1. The zero-order valence-corrected chi connectivity index (χ0v) is 16.6. The van der Waals surface area contributed by atoms with E-state index in [0.29, 0.717) is 21.4 Å². The first-order valence-electron chi connectivity index (χ1n) is 8.51. The van der Waals surface area contributed by atoms with E-state index in [4.69, 9.17) is 23.2 Å². The lowest BCUT2D eigenvalue weighted by Gasteiger charge is -2.08. The molecule has 0 spiro atoms. The number of aryl methyl sites for hydroxylation is 3. The van der Waals surface area contributed by atoms with Crippen molar-refractivity contribution in [3.63, 3.8) is 0 Å². The lowest BCUT2D eigenvalue weighted by atomic mass is 10.0. The number of benzene rings is 2. The molecule has 6 heteroatoms. The molecular weight excluding hydrogens is 381 g/mol. The maximum absolute atomic E-state index is 12.5. The molecular formula is C21H17Cl2N3O. The van der Waals surface area contributed by atoms with Crippen LogP contribution in [0.15, 0.2) is 36.4 Å². The maximum atomic E-state index is 12.5. The van der Waals surface area contributed by atoms with Crippen LogP contribution < -0.4 is 5.32 Å². The average molecular weight is 398 g/mol. The van der Waals surface area contributed by atoms with E-state index < -0.39 is 0 Å². The normalized spacial score (nSPS) is 14.6. The zero-order valence-electron chi connectivity index (χ0n) is 15.1. The molecule has 2 heterocycles. The highest BCUT2D eigenvalue weighted by molar-refractivity contribution is 6.38. The number of hydrogen-bond donors (Lipinski definition) is 1. The van der Waals surface area contributed by atoms with Gasteiger partial charge in [-0.2, -0.15) is 5.10 Å². The Balaban J connectivity index is 1.85. The van der Waals surface area contributed by atoms with Crippen LogP contribution in [0.25, 0.3) is 17.3 Å². The fraction of sp³-hybridized carbons (Fsp3) is 0.143. The highest BCUT2D eigenvalue weighted by Crippen LogP contribution is 2.37. The third kappa shape index (κ3) is 3.05. The Bertz CT molecular complexity index is 1130. The number of anilines is 1. The molecule has 0 unspecified atom stereocenters. The van der Waals surface area contributed by atoms with E-state index in [9.17, 15) is 4.79 Å². The number of fused-ring (bicyclic) bond motifs is 1. The van der Waals surface area contributed by atoms with Crippen LogP contribution >= 0.6 is 23.2 Å². The summed E-state index contributed by atoms with van der Waals surface area (Å²) in [5.41, 5.74) is 6.66. The Morgan fingerprint density at radius 1 is 1.07 bits per heavy atom. The predicted molar refractivity (Wildman–Crippen MR) is 111 cm³/mol. The summed E-state index contributed by atoms with van der Waals surface area (Å²) in [6.45, 7) is 5.93. The second-order valence-electron chi connectivity index (χ2n) is 6.69. The van der Waals surface area contributed by atoms with Crippen molar-refractivity contribution in [3.8, 4) is 5.69 Å². The molecule has 27 heavy (non-hydrogen) atoms. The summed E-state index contributed by atoms with van der Waals surface area (Å²) in [7, 11) is 0. The van der Waals surface area contributed by atoms with E-state index in [0.717, 1.165) is 33.6 Å². The molecule has 4 rings (SSSR count). The molecule has 0 saturated heterocycles. The largest absolute Gasteiger partial charge is 0.321 e. The summed E-state index contributed by atoms with van der Waals surface area (Å²) >= 11 is 12.7. The van der Waals surface area contributed by atoms with Crippen LogP contribution in [-0.2, 0) is 4.79 Å². The summed E-state index contributed by atoms with van der Waals surface area (Å²) in [4.78, 5) is 12.5. The van der Waals surface area contributed by atoms with Gasteiger partial charge in [-0.15, -0.1) is 0 Å². The second kappa shape index (κ2) is 6.55. The number of amides is 1. The van der Waals surface area contributed by atoms with Gasteiger partial charge in [0.25, 0.3) is 5.91 Å². The van der Waals surface area contributed by atoms with Gasteiger partial charge in [-0.3, -0.25) is 4.79 Å². The lowest BCUT2D eigenvalue weighted by molar-refractivity contribution is -0.110. The van der Waals surface area contributed by atoms with E-state index in [-0.39, 0.29) is 5.91 Å². The van der Waals surface area contributed by atoms with Gasteiger partial charge < -0.3 is 5.32 Å². The van der Waals surface area contributed by atoms with Crippen molar-refractivity contribution in [3.05, 3.63) is 74.5 Å². The van der Waals surface area contributed by atoms with Crippen LogP contribution in [0.1, 0.15) is 27.9 Å². The number of carbonyl (C=O) groups is 1. The molecule has 136 valence electrons. The first-order chi connectivity index (χ1) is 12.8. The third-order valence-corrected chi connectivity index (χ3v) is 5.29. The van der Waals surface area contributed by atoms with Crippen LogP contribution in [-0.4, -0.2) is 15.7 Å². The molecule has 0 atom stereocenters. The van der Waals surface area contributed by atoms with E-state index in [2.05, 4.69) is 16.5 Å². The van der Waals surface area contributed by atoms with Crippen molar-refractivity contribution in [2.24, 2.45) is 0 Å². The molecule has 0 bridgehead atoms. The van der Waals surface area contributed by atoms with E-state index in [1.165, 1.54) is 0 Å². The van der Waals surface area contributed by atoms with Gasteiger partial charge in [0.1, 0.15) is 5.15 Å². The second-order valence-corrected chi connectivity index (χ2v) is 7.49. The molecule has 2 aromatic carbocycles. The standard InChI is InChI=1S/C21H17Cl2N3O/c1-11-4-5-12(2)19(8-11)26-20(23)16(13(3)25-26)10-17-15-7-6-14(22)9-18(15)24-21(17)27/h4-10H,1-3H3,(H,24,27)/b17-10+. The smallest absolute Gasteiger partial charge is 0.256 e. The van der Waals surface area contributed by atoms with Crippen molar-refractivity contribution in [2.45, 2.75) is 20.8 Å². The van der Waals surface area contributed by atoms with Crippen molar-refractivity contribution >= 4 is 46.4 Å². The highest BCUT2D eigenvalue weighted by Gasteiger charge is 2.26. The minimum Gasteiger partial charge on any atom is -0.321 e. The summed E-state index contributed by atoms with van der Waals surface area (Å²) in [5.74, 6) is -0.179. The van der Waals surface area contributed by atoms with Crippen molar-refractivity contribution in [1.82, 2.24) is 9.78 Å². The molecule has 3 aromatic rings. The number of aromatic nitrogens is 2. The number of halogens is 2. The minimum atomic E-state index is -0.179. The fourth-order valence-corrected chi connectivity index (χ4v) is 3.73. The van der Waals surface area contributed by atoms with Gasteiger partial charge in [-0.25, -0.2) is 4.68 Å². The molecule has 0 saturated carbocycles. The van der Waals surface area contributed by atoms with Gasteiger partial charge in [-0.1, -0.05) is 41.4 Å². The van der Waals surface area contributed by atoms with E-state index in [1.807, 2.05) is 39.0 Å². The molecule has 0 aliphatic carbocycles. The number of nitrogens with one attached hydrogen (secondary N) is 1. The Kier molecular flexibility index (Phi) is 4.33. The topological polar surface area (TPSA) is 46.9 Å². The lowest BCUT2D eigenvalue weighted by Crippen LogP contribution is -2.03. The van der Waals surface area contributed by atoms with Gasteiger partial charge in [0.05, 0.1) is 17.1 Å². The minimum absolute atomic E-state index is 0.179. The Morgan fingerprint density at radius 2 is 1.85 bits per heavy atom. The zero-order chi connectivity index (χ0) is 19.3. The van der Waals surface area contributed by atoms with Crippen LogP contribution in [0.5, 0.6) is 0 Å². The Hall–Kier alpha value is -2.56. The molecule has 1 aliphatic heterocycles. The van der Waals surface area contributed by atoms with Gasteiger partial charge in [0.2, 0.25) is 0 Å². The molecule has 1 aromatic heterocycles. The van der Waals surface area contributed by atoms with Gasteiger partial charge in [-0.05, 0) is 56.2 Å². The molecule has 1 aliphatic rings. The van der Waals surface area contributed by atoms with E-state index >= 15 is 0 Å². The Morgan fingerprint density at radius 3 is 2.63 bits per heavy atom. The van der Waals surface area contributed by atoms with Crippen molar-refractivity contribution in [2.75, 3.05) is 5.32 Å². The van der Waals surface area contributed by atoms with Crippen LogP contribution in [0.3, 0.4) is 0 Å². The van der Waals surface area contributed by atoms with Gasteiger partial charge in [0, 0.05) is 21.7 Å². The van der Waals surface area contributed by atoms with Crippen molar-refractivity contribution < 1.29 is 4.79 Å². The van der Waals surface area contributed by atoms with Gasteiger partial charge in [0.15, 0.2) is 0 Å². The summed E-state index contributed by atoms with van der Waals surface area (Å²) in [5, 5.41) is 8.50. The summed E-state index contributed by atoms with van der Waals surface area (Å²) in [6.07, 6.45) is 1.79. The molecule has 0 fully saturated rings. The van der Waals surface area contributed by atoms with Crippen molar-refractivity contribution in [1.29, 1.82) is 0 Å². The average Bonchev–Trinajstić information content (AvgIpc) is 3.07. The molecule has 0 radical (unpaired) electrons. The number of nitrogens with zero attached hydrogens (tertiary/aromatic N) is 2. The fourth-order valence-electron chi connectivity index (χ4n) is 3.24. The van der Waals surface area contributed by atoms with Crippen LogP contribution in [0.4, 0.5) is 5.69 Å². The predicted octanol–water partition coefficient (Wildman–Crippen LogP) is 5.60. The van der Waals surface area contributed by atoms with Gasteiger partial charge >= 0.3 is 0 Å². The van der Waals surface area contributed by atoms with Crippen LogP contribution in [0, 0.1) is 20.8 Å². The van der Waals surface area contributed by atoms with E-state index in [1.54, 1.807) is 22.9 Å². The monoisotopic (exact) mass is 397 g/mol. The molecule has 1 amide bonds. The Labute approximate surface area is 167 Å². The number of hydrogen-bond acceptors (Lipinski definition) is 2. The quantitative estimate of drug-likeness (QED) is 0.572. The maximum Gasteiger partial charge on any atom is 0.256 e. The highest BCUT2D eigenvalue weighted by atomic mass is 35.5. The first-order valence-corrected chi connectivity index (χ1v) is 9.26. The summed E-state index contributed by atoms with van der Waals surface area (Å²) in [6, 6.07) is 11.5. The molecule has 1 N–H and O–H groups in total. The third-order valence-electron chi connectivity index (χ3n) is 4.69.